The molecule has 0 bridgehead atoms. The predicted molar refractivity (Wildman–Crippen MR) is 51.7 cm³/mol. The molecule has 0 aromatic carbocycles. The lowest BCUT2D eigenvalue weighted by Crippen LogP contribution is -2.32. The summed E-state index contributed by atoms with van der Waals surface area (Å²) < 4.78 is 2.02. The molecule has 1 unspecified atom stereocenters. The predicted octanol–water partition coefficient (Wildman–Crippen LogP) is -0.663. The van der Waals surface area contributed by atoms with Crippen LogP contribution in [-0.2, 0) is 13.0 Å². The summed E-state index contributed by atoms with van der Waals surface area (Å²) in [6, 6.07) is 0.180. The van der Waals surface area contributed by atoms with Gasteiger partial charge >= 0.3 is 0 Å². The van der Waals surface area contributed by atoms with E-state index in [0.29, 0.717) is 5.69 Å². The second-order valence-corrected chi connectivity index (χ2v) is 3.70. The molecular formula is C8H11N7. The molecular weight excluding hydrogens is 194 g/mol. The zero-order chi connectivity index (χ0) is 10.3. The quantitative estimate of drug-likeness (QED) is 0.643. The van der Waals surface area contributed by atoms with Crippen LogP contribution in [0.3, 0.4) is 0 Å². The van der Waals surface area contributed by atoms with Crippen molar-refractivity contribution in [3.05, 3.63) is 12.0 Å². The van der Waals surface area contributed by atoms with E-state index in [1.54, 1.807) is 6.20 Å². The van der Waals surface area contributed by atoms with Crippen LogP contribution >= 0.6 is 0 Å². The molecule has 1 atom stereocenters. The van der Waals surface area contributed by atoms with Gasteiger partial charge in [-0.15, -0.1) is 10.2 Å². The van der Waals surface area contributed by atoms with E-state index in [0.717, 1.165) is 31.0 Å². The molecule has 0 spiro atoms. The Kier molecular flexibility index (Phi) is 1.78. The van der Waals surface area contributed by atoms with E-state index in [2.05, 4.69) is 25.6 Å². The fourth-order valence-corrected chi connectivity index (χ4v) is 1.85. The van der Waals surface area contributed by atoms with Crippen molar-refractivity contribution in [2.75, 3.05) is 0 Å². The third-order valence-electron chi connectivity index (χ3n) is 2.63. The highest BCUT2D eigenvalue weighted by Gasteiger charge is 2.22. The topological polar surface area (TPSA) is 98.3 Å². The van der Waals surface area contributed by atoms with Gasteiger partial charge in [-0.25, -0.2) is 0 Å². The van der Waals surface area contributed by atoms with E-state index in [1.165, 1.54) is 0 Å². The van der Waals surface area contributed by atoms with Gasteiger partial charge in [-0.1, -0.05) is 0 Å². The van der Waals surface area contributed by atoms with Crippen LogP contribution in [0.25, 0.3) is 11.5 Å². The molecule has 0 saturated heterocycles. The number of aromatic nitrogens is 6. The monoisotopic (exact) mass is 205 g/mol. The fraction of sp³-hybridized carbons (Fsp3) is 0.500. The molecule has 78 valence electrons. The summed E-state index contributed by atoms with van der Waals surface area (Å²) in [4.78, 5) is 0. The van der Waals surface area contributed by atoms with Crippen LogP contribution in [-0.4, -0.2) is 36.2 Å². The van der Waals surface area contributed by atoms with Gasteiger partial charge in [0.15, 0.2) is 5.82 Å². The Bertz CT molecular complexity index is 457. The molecule has 3 N–H and O–H groups in total. The number of nitrogens with two attached hydrogens (primary N) is 1. The summed E-state index contributed by atoms with van der Waals surface area (Å²) in [7, 11) is 0. The first-order valence-electron chi connectivity index (χ1n) is 4.88. The normalized spacial score (nSPS) is 20.2. The lowest BCUT2D eigenvalue weighted by atomic mass is 10.1. The van der Waals surface area contributed by atoms with Gasteiger partial charge in [0.2, 0.25) is 0 Å². The third kappa shape index (κ3) is 1.32. The van der Waals surface area contributed by atoms with Crippen LogP contribution in [0.1, 0.15) is 12.2 Å². The van der Waals surface area contributed by atoms with Gasteiger partial charge in [0.1, 0.15) is 11.5 Å². The van der Waals surface area contributed by atoms with Gasteiger partial charge in [-0.2, -0.15) is 15.4 Å². The van der Waals surface area contributed by atoms with E-state index in [9.17, 15) is 0 Å². The van der Waals surface area contributed by atoms with E-state index >= 15 is 0 Å². The third-order valence-corrected chi connectivity index (χ3v) is 2.63. The van der Waals surface area contributed by atoms with Crippen molar-refractivity contribution in [1.82, 2.24) is 30.2 Å². The Balaban J connectivity index is 2.07. The summed E-state index contributed by atoms with van der Waals surface area (Å²) in [5.41, 5.74) is 6.62. The standard InChI is InChI=1S/C8H11N7/c9-5-1-2-7-12-13-8(15(7)4-5)6-3-10-14-11-6/h3,5H,1-2,4,9H2,(H,10,11,14). The van der Waals surface area contributed by atoms with Gasteiger partial charge in [-0.3, -0.25) is 0 Å². The maximum Gasteiger partial charge on any atom is 0.186 e. The van der Waals surface area contributed by atoms with Gasteiger partial charge < -0.3 is 10.3 Å². The van der Waals surface area contributed by atoms with Crippen molar-refractivity contribution in [3.8, 4) is 11.5 Å². The number of nitrogens with zero attached hydrogens (tertiary/aromatic N) is 5. The molecule has 2 aromatic heterocycles. The molecule has 3 heterocycles. The van der Waals surface area contributed by atoms with Gasteiger partial charge in [0.25, 0.3) is 0 Å². The highest BCUT2D eigenvalue weighted by atomic mass is 15.4. The molecule has 0 aliphatic carbocycles. The van der Waals surface area contributed by atoms with Crippen molar-refractivity contribution in [1.29, 1.82) is 0 Å². The number of aryl methyl sites for hydroxylation is 1. The highest BCUT2D eigenvalue weighted by molar-refractivity contribution is 5.47. The number of aromatic amines is 1. The number of fused-ring (bicyclic) bond motifs is 1. The van der Waals surface area contributed by atoms with E-state index in [-0.39, 0.29) is 6.04 Å². The Morgan fingerprint density at radius 3 is 3.20 bits per heavy atom. The zero-order valence-corrected chi connectivity index (χ0v) is 8.09. The number of hydrogen-bond donors (Lipinski definition) is 2. The molecule has 1 aliphatic rings. The van der Waals surface area contributed by atoms with E-state index < -0.39 is 0 Å². The van der Waals surface area contributed by atoms with Crippen LogP contribution in [0, 0.1) is 0 Å². The molecule has 2 aromatic rings. The summed E-state index contributed by atoms with van der Waals surface area (Å²) in [5.74, 6) is 1.73. The van der Waals surface area contributed by atoms with Crippen molar-refractivity contribution in [3.63, 3.8) is 0 Å². The van der Waals surface area contributed by atoms with Crippen molar-refractivity contribution in [2.45, 2.75) is 25.4 Å². The first-order valence-corrected chi connectivity index (χ1v) is 4.88. The average Bonchev–Trinajstić information content (AvgIpc) is 2.83. The van der Waals surface area contributed by atoms with Gasteiger partial charge in [0.05, 0.1) is 6.20 Å². The first kappa shape index (κ1) is 8.54. The number of nitrogens with one attached hydrogen (secondary N) is 1. The van der Waals surface area contributed by atoms with Crippen molar-refractivity contribution >= 4 is 0 Å². The maximum atomic E-state index is 5.91. The van der Waals surface area contributed by atoms with E-state index in [4.69, 9.17) is 5.73 Å². The van der Waals surface area contributed by atoms with Crippen LogP contribution in [0.2, 0.25) is 0 Å². The minimum Gasteiger partial charge on any atom is -0.326 e. The molecule has 0 radical (unpaired) electrons. The maximum absolute atomic E-state index is 5.91. The molecule has 7 heteroatoms. The second kappa shape index (κ2) is 3.13. The average molecular weight is 205 g/mol. The van der Waals surface area contributed by atoms with Crippen LogP contribution < -0.4 is 5.73 Å². The smallest absolute Gasteiger partial charge is 0.186 e. The van der Waals surface area contributed by atoms with Crippen molar-refractivity contribution < 1.29 is 0 Å². The summed E-state index contributed by atoms with van der Waals surface area (Å²) in [6.07, 6.45) is 3.49. The molecule has 1 aliphatic heterocycles. The summed E-state index contributed by atoms with van der Waals surface area (Å²) in [5, 5.41) is 18.5. The van der Waals surface area contributed by atoms with Gasteiger partial charge in [-0.05, 0) is 6.42 Å². The van der Waals surface area contributed by atoms with Crippen LogP contribution in [0.5, 0.6) is 0 Å². The van der Waals surface area contributed by atoms with Gasteiger partial charge in [0, 0.05) is 19.0 Å². The zero-order valence-electron chi connectivity index (χ0n) is 8.09. The lowest BCUT2D eigenvalue weighted by Gasteiger charge is -2.20. The van der Waals surface area contributed by atoms with E-state index in [1.807, 2.05) is 4.57 Å². The van der Waals surface area contributed by atoms with Crippen LogP contribution in [0.15, 0.2) is 6.20 Å². The largest absolute Gasteiger partial charge is 0.326 e. The van der Waals surface area contributed by atoms with Crippen LogP contribution in [0.4, 0.5) is 0 Å². The molecule has 0 amide bonds. The minimum absolute atomic E-state index is 0.180. The highest BCUT2D eigenvalue weighted by Crippen LogP contribution is 2.19. The molecule has 0 saturated carbocycles. The lowest BCUT2D eigenvalue weighted by molar-refractivity contribution is 0.456. The number of hydrogen-bond acceptors (Lipinski definition) is 5. The summed E-state index contributed by atoms with van der Waals surface area (Å²) >= 11 is 0. The minimum atomic E-state index is 0.180. The molecule has 7 nitrogen and oxygen atoms in total. The Morgan fingerprint density at radius 2 is 2.40 bits per heavy atom. The Labute approximate surface area is 85.7 Å². The molecule has 3 rings (SSSR count). The first-order chi connectivity index (χ1) is 7.34. The Hall–Kier alpha value is -1.76. The molecule has 0 fully saturated rings. The number of H-pyrrole nitrogens is 1. The number of rotatable bonds is 1. The SMILES string of the molecule is NC1CCc2nnc(-c3cn[nH]n3)n2C1. The summed E-state index contributed by atoms with van der Waals surface area (Å²) in [6.45, 7) is 0.754. The molecule has 15 heavy (non-hydrogen) atoms. The van der Waals surface area contributed by atoms with Crippen molar-refractivity contribution in [2.24, 2.45) is 5.73 Å². The second-order valence-electron chi connectivity index (χ2n) is 3.70. The Morgan fingerprint density at radius 1 is 1.47 bits per heavy atom. The fourth-order valence-electron chi connectivity index (χ4n) is 1.85.